The van der Waals surface area contributed by atoms with E-state index in [0.29, 0.717) is 10.8 Å². The zero-order valence-electron chi connectivity index (χ0n) is 15.3. The first-order valence-corrected chi connectivity index (χ1v) is 11.2. The van der Waals surface area contributed by atoms with E-state index in [4.69, 9.17) is 0 Å². The van der Waals surface area contributed by atoms with Crippen molar-refractivity contribution in [3.8, 4) is 0 Å². The van der Waals surface area contributed by atoms with Crippen LogP contribution in [-0.4, -0.2) is 45.9 Å². The molecule has 0 atom stereocenters. The summed E-state index contributed by atoms with van der Waals surface area (Å²) in [5.41, 5.74) is 0. The molecule has 27 heavy (non-hydrogen) atoms. The number of sulfone groups is 1. The zero-order valence-corrected chi connectivity index (χ0v) is 17.7. The van der Waals surface area contributed by atoms with Gasteiger partial charge in [0.2, 0.25) is 9.84 Å². The third kappa shape index (κ3) is 5.10. The number of hydrogen-bond acceptors (Lipinski definition) is 5. The Morgan fingerprint density at radius 2 is 1.81 bits per heavy atom. The molecule has 0 bridgehead atoms. The second kappa shape index (κ2) is 9.68. The average Bonchev–Trinajstić information content (AvgIpc) is 3.18. The highest BCUT2D eigenvalue weighted by molar-refractivity contribution is 7.93. The Morgan fingerprint density at radius 3 is 2.44 bits per heavy atom. The van der Waals surface area contributed by atoms with E-state index >= 15 is 0 Å². The van der Waals surface area contributed by atoms with Gasteiger partial charge in [-0.15, -0.1) is 23.7 Å². The van der Waals surface area contributed by atoms with Crippen molar-refractivity contribution < 1.29 is 13.2 Å². The van der Waals surface area contributed by atoms with Gasteiger partial charge in [0.1, 0.15) is 4.21 Å². The molecule has 1 aromatic carbocycles. The average molecular weight is 429 g/mol. The molecule has 0 spiro atoms. The number of thiophene rings is 1. The number of nitrogens with zero attached hydrogens (tertiary/aromatic N) is 1. The molecule has 2 heterocycles. The highest BCUT2D eigenvalue weighted by Gasteiger charge is 2.26. The lowest BCUT2D eigenvalue weighted by molar-refractivity contribution is 0.0692. The van der Waals surface area contributed by atoms with Crippen molar-refractivity contribution >= 4 is 39.5 Å². The van der Waals surface area contributed by atoms with Gasteiger partial charge in [0, 0.05) is 13.1 Å². The summed E-state index contributed by atoms with van der Waals surface area (Å²) in [6.07, 6.45) is 3.15. The lowest BCUT2D eigenvalue weighted by Gasteiger charge is -2.31. The summed E-state index contributed by atoms with van der Waals surface area (Å²) in [5, 5.41) is 3.17. The minimum absolute atomic E-state index is 0. The van der Waals surface area contributed by atoms with Gasteiger partial charge in [-0.25, -0.2) is 8.42 Å². The van der Waals surface area contributed by atoms with Gasteiger partial charge in [-0.3, -0.25) is 4.79 Å². The van der Waals surface area contributed by atoms with Crippen molar-refractivity contribution in [1.29, 1.82) is 0 Å². The molecule has 0 saturated carbocycles. The summed E-state index contributed by atoms with van der Waals surface area (Å²) in [6.45, 7) is 2.49. The van der Waals surface area contributed by atoms with Crippen LogP contribution in [-0.2, 0) is 9.84 Å². The van der Waals surface area contributed by atoms with Crippen LogP contribution >= 0.6 is 23.7 Å². The topological polar surface area (TPSA) is 66.5 Å². The summed E-state index contributed by atoms with van der Waals surface area (Å²) < 4.78 is 25.6. The maximum atomic E-state index is 12.7. The van der Waals surface area contributed by atoms with Crippen molar-refractivity contribution in [2.45, 2.75) is 28.4 Å². The van der Waals surface area contributed by atoms with Crippen LogP contribution in [0.25, 0.3) is 0 Å². The minimum atomic E-state index is -3.56. The van der Waals surface area contributed by atoms with E-state index in [1.54, 1.807) is 42.5 Å². The molecule has 1 amide bonds. The van der Waals surface area contributed by atoms with Crippen molar-refractivity contribution in [2.24, 2.45) is 5.92 Å². The van der Waals surface area contributed by atoms with Gasteiger partial charge in [-0.05, 0) is 63.0 Å². The molecular formula is C19H25ClN2O3S2. The predicted molar refractivity (Wildman–Crippen MR) is 111 cm³/mol. The maximum absolute atomic E-state index is 12.7. The Hall–Kier alpha value is -1.41. The highest BCUT2D eigenvalue weighted by Crippen LogP contribution is 2.29. The third-order valence-corrected chi connectivity index (χ3v) is 8.15. The van der Waals surface area contributed by atoms with Gasteiger partial charge < -0.3 is 10.2 Å². The molecule has 148 valence electrons. The summed E-state index contributed by atoms with van der Waals surface area (Å²) in [5.74, 6) is 0.598. The fourth-order valence-corrected chi connectivity index (χ4v) is 5.92. The van der Waals surface area contributed by atoms with Gasteiger partial charge in [-0.1, -0.05) is 18.2 Å². The van der Waals surface area contributed by atoms with Crippen molar-refractivity contribution in [1.82, 2.24) is 10.2 Å². The molecule has 1 N–H and O–H groups in total. The van der Waals surface area contributed by atoms with E-state index in [-0.39, 0.29) is 27.4 Å². The fraction of sp³-hybridized carbons (Fsp3) is 0.421. The number of piperidine rings is 1. The number of halogens is 1. The maximum Gasteiger partial charge on any atom is 0.263 e. The van der Waals surface area contributed by atoms with Crippen LogP contribution in [0.4, 0.5) is 0 Å². The molecule has 1 aromatic heterocycles. The predicted octanol–water partition coefficient (Wildman–Crippen LogP) is 3.46. The Morgan fingerprint density at radius 1 is 1.15 bits per heavy atom. The van der Waals surface area contributed by atoms with Crippen molar-refractivity contribution in [2.75, 3.05) is 26.7 Å². The van der Waals surface area contributed by atoms with Crippen LogP contribution in [0, 0.1) is 5.92 Å². The first-order chi connectivity index (χ1) is 12.5. The smallest absolute Gasteiger partial charge is 0.263 e. The Kier molecular flexibility index (Phi) is 7.85. The van der Waals surface area contributed by atoms with Crippen LogP contribution in [0.15, 0.2) is 51.6 Å². The third-order valence-electron chi connectivity index (χ3n) is 4.81. The number of carbonyl (C=O) groups is 1. The number of benzene rings is 1. The normalized spacial score (nSPS) is 15.4. The van der Waals surface area contributed by atoms with E-state index in [1.165, 1.54) is 0 Å². The standard InChI is InChI=1S/C19H24N2O3S2.ClH/c1-20-12-9-15-10-13-21(14-11-15)19(22)17-7-8-18(25-17)26(23,24)16-5-3-2-4-6-16;/h2-8,15,20H,9-14H2,1H3;1H. The molecule has 0 unspecified atom stereocenters. The molecule has 5 nitrogen and oxygen atoms in total. The molecule has 0 radical (unpaired) electrons. The number of rotatable bonds is 6. The Bertz CT molecular complexity index is 845. The van der Waals surface area contributed by atoms with Gasteiger partial charge in [-0.2, -0.15) is 0 Å². The quantitative estimate of drug-likeness (QED) is 0.765. The first kappa shape index (κ1) is 21.9. The summed E-state index contributed by atoms with van der Waals surface area (Å²) in [4.78, 5) is 15.3. The highest BCUT2D eigenvalue weighted by atomic mass is 35.5. The first-order valence-electron chi connectivity index (χ1n) is 8.86. The molecule has 0 aliphatic carbocycles. The molecule has 8 heteroatoms. The molecule has 1 fully saturated rings. The van der Waals surface area contributed by atoms with Crippen LogP contribution < -0.4 is 5.32 Å². The fourth-order valence-electron chi connectivity index (χ4n) is 3.22. The Balaban J connectivity index is 0.00000261. The number of amides is 1. The van der Waals surface area contributed by atoms with Crippen molar-refractivity contribution in [3.05, 3.63) is 47.3 Å². The molecule has 1 saturated heterocycles. The van der Waals surface area contributed by atoms with Gasteiger partial charge in [0.05, 0.1) is 9.77 Å². The number of likely N-dealkylation sites (tertiary alicyclic amines) is 1. The number of hydrogen-bond donors (Lipinski definition) is 1. The SMILES string of the molecule is CNCCC1CCN(C(=O)c2ccc(S(=O)(=O)c3ccccc3)s2)CC1.Cl. The van der Waals surface area contributed by atoms with Crippen LogP contribution in [0.1, 0.15) is 28.9 Å². The number of nitrogens with one attached hydrogen (secondary N) is 1. The van der Waals surface area contributed by atoms with E-state index in [0.717, 1.165) is 50.2 Å². The van der Waals surface area contributed by atoms with Gasteiger partial charge in [0.25, 0.3) is 5.91 Å². The number of carbonyl (C=O) groups excluding carboxylic acids is 1. The van der Waals surface area contributed by atoms with E-state index < -0.39 is 9.84 Å². The van der Waals surface area contributed by atoms with Gasteiger partial charge in [0.15, 0.2) is 0 Å². The molecule has 2 aromatic rings. The van der Waals surface area contributed by atoms with Crippen LogP contribution in [0.2, 0.25) is 0 Å². The van der Waals surface area contributed by atoms with E-state index in [1.807, 2.05) is 11.9 Å². The van der Waals surface area contributed by atoms with Gasteiger partial charge >= 0.3 is 0 Å². The summed E-state index contributed by atoms with van der Waals surface area (Å²) in [7, 11) is -1.61. The lowest BCUT2D eigenvalue weighted by Crippen LogP contribution is -2.38. The summed E-state index contributed by atoms with van der Waals surface area (Å²) >= 11 is 1.06. The Labute approximate surface area is 171 Å². The van der Waals surface area contributed by atoms with Crippen LogP contribution in [0.5, 0.6) is 0 Å². The molecule has 3 rings (SSSR count). The van der Waals surface area contributed by atoms with Crippen molar-refractivity contribution in [3.63, 3.8) is 0 Å². The second-order valence-corrected chi connectivity index (χ2v) is 9.82. The summed E-state index contributed by atoms with van der Waals surface area (Å²) in [6, 6.07) is 11.5. The lowest BCUT2D eigenvalue weighted by atomic mass is 9.93. The van der Waals surface area contributed by atoms with Crippen LogP contribution in [0.3, 0.4) is 0 Å². The van der Waals surface area contributed by atoms with E-state index in [9.17, 15) is 13.2 Å². The molecule has 1 aliphatic heterocycles. The largest absolute Gasteiger partial charge is 0.338 e. The second-order valence-electron chi connectivity index (χ2n) is 6.56. The van der Waals surface area contributed by atoms with E-state index in [2.05, 4.69) is 5.32 Å². The zero-order chi connectivity index (χ0) is 18.6. The molecule has 1 aliphatic rings. The monoisotopic (exact) mass is 428 g/mol. The minimum Gasteiger partial charge on any atom is -0.338 e. The molecular weight excluding hydrogens is 404 g/mol.